The van der Waals surface area contributed by atoms with Crippen molar-refractivity contribution in [2.24, 2.45) is 0 Å². The number of nitrogens with one attached hydrogen (secondary N) is 2. The van der Waals surface area contributed by atoms with Crippen molar-refractivity contribution in [1.29, 1.82) is 5.26 Å². The standard InChI is InChI=1S/C21H17N3O3S/c1-15-6-2-4-8-19(15)23-21(25)16-10-12-18(13-11-16)28(26,27)24-20-9-5-3-7-17(20)14-22/h2-13,24H,1H3,(H,23,25). The summed E-state index contributed by atoms with van der Waals surface area (Å²) in [6, 6.07) is 21.2. The van der Waals surface area contributed by atoms with Crippen molar-refractivity contribution < 1.29 is 13.2 Å². The molecule has 28 heavy (non-hydrogen) atoms. The van der Waals surface area contributed by atoms with Crippen molar-refractivity contribution >= 4 is 27.3 Å². The topological polar surface area (TPSA) is 99.1 Å². The van der Waals surface area contributed by atoms with E-state index in [0.717, 1.165) is 5.56 Å². The molecule has 0 aliphatic heterocycles. The van der Waals surface area contributed by atoms with Crippen molar-refractivity contribution in [3.8, 4) is 6.07 Å². The molecule has 0 atom stereocenters. The van der Waals surface area contributed by atoms with Gasteiger partial charge in [0.2, 0.25) is 0 Å². The van der Waals surface area contributed by atoms with Crippen LogP contribution in [0.3, 0.4) is 0 Å². The molecule has 3 aromatic rings. The molecule has 0 spiro atoms. The first-order valence-corrected chi connectivity index (χ1v) is 9.88. The molecule has 7 heteroatoms. The van der Waals surface area contributed by atoms with Crippen molar-refractivity contribution in [2.45, 2.75) is 11.8 Å². The van der Waals surface area contributed by atoms with Gasteiger partial charge in [0.1, 0.15) is 6.07 Å². The highest BCUT2D eigenvalue weighted by molar-refractivity contribution is 7.92. The van der Waals surface area contributed by atoms with Crippen molar-refractivity contribution in [3.63, 3.8) is 0 Å². The van der Waals surface area contributed by atoms with Crippen LogP contribution in [0.4, 0.5) is 11.4 Å². The van der Waals surface area contributed by atoms with Gasteiger partial charge in [-0.05, 0) is 55.0 Å². The molecule has 0 saturated heterocycles. The molecule has 140 valence electrons. The number of carbonyl (C=O) groups excluding carboxylic acids is 1. The van der Waals surface area contributed by atoms with Gasteiger partial charge >= 0.3 is 0 Å². The van der Waals surface area contributed by atoms with Gasteiger partial charge in [-0.3, -0.25) is 9.52 Å². The van der Waals surface area contributed by atoms with Gasteiger partial charge in [0, 0.05) is 11.3 Å². The van der Waals surface area contributed by atoms with Crippen LogP contribution < -0.4 is 10.0 Å². The van der Waals surface area contributed by atoms with Crippen LogP contribution in [-0.4, -0.2) is 14.3 Å². The third-order valence-electron chi connectivity index (χ3n) is 4.11. The van der Waals surface area contributed by atoms with Gasteiger partial charge in [-0.15, -0.1) is 0 Å². The SMILES string of the molecule is Cc1ccccc1NC(=O)c1ccc(S(=O)(=O)Nc2ccccc2C#N)cc1. The van der Waals surface area contributed by atoms with E-state index in [1.165, 1.54) is 36.4 Å². The number of hydrogen-bond donors (Lipinski definition) is 2. The summed E-state index contributed by atoms with van der Waals surface area (Å²) in [4.78, 5) is 12.4. The maximum Gasteiger partial charge on any atom is 0.261 e. The van der Waals surface area contributed by atoms with Crippen LogP contribution >= 0.6 is 0 Å². The number of nitrogens with zero attached hydrogens (tertiary/aromatic N) is 1. The lowest BCUT2D eigenvalue weighted by molar-refractivity contribution is 0.102. The maximum absolute atomic E-state index is 12.6. The molecule has 0 fully saturated rings. The Kier molecular flexibility index (Phi) is 5.43. The van der Waals surface area contributed by atoms with Crippen LogP contribution in [0.15, 0.2) is 77.7 Å². The van der Waals surface area contributed by atoms with Gasteiger partial charge in [0.15, 0.2) is 0 Å². The van der Waals surface area contributed by atoms with Crippen molar-refractivity contribution in [3.05, 3.63) is 89.5 Å². The summed E-state index contributed by atoms with van der Waals surface area (Å²) in [5.41, 5.74) is 2.38. The zero-order valence-electron chi connectivity index (χ0n) is 15.0. The molecule has 0 aromatic heterocycles. The maximum atomic E-state index is 12.6. The molecule has 0 saturated carbocycles. The van der Waals surface area contributed by atoms with Crippen LogP contribution in [0.5, 0.6) is 0 Å². The first kappa shape index (κ1) is 19.1. The number of para-hydroxylation sites is 2. The Morgan fingerprint density at radius 3 is 2.14 bits per heavy atom. The molecule has 0 aliphatic carbocycles. The largest absolute Gasteiger partial charge is 0.322 e. The minimum absolute atomic E-state index is 0.00677. The zero-order valence-corrected chi connectivity index (χ0v) is 15.8. The van der Waals surface area contributed by atoms with E-state index in [4.69, 9.17) is 5.26 Å². The van der Waals surface area contributed by atoms with Crippen LogP contribution in [0.25, 0.3) is 0 Å². The number of benzene rings is 3. The Bertz CT molecular complexity index is 1160. The Labute approximate surface area is 163 Å². The van der Waals surface area contributed by atoms with Crippen LogP contribution in [0.2, 0.25) is 0 Å². The predicted molar refractivity (Wildman–Crippen MR) is 108 cm³/mol. The van der Waals surface area contributed by atoms with Gasteiger partial charge in [0.25, 0.3) is 15.9 Å². The van der Waals surface area contributed by atoms with E-state index in [-0.39, 0.29) is 22.1 Å². The van der Waals surface area contributed by atoms with Crippen LogP contribution in [-0.2, 0) is 10.0 Å². The lowest BCUT2D eigenvalue weighted by Gasteiger charge is -2.11. The summed E-state index contributed by atoms with van der Waals surface area (Å²) in [5.74, 6) is -0.332. The number of aryl methyl sites for hydroxylation is 1. The molecule has 3 aromatic carbocycles. The molecular weight excluding hydrogens is 374 g/mol. The smallest absolute Gasteiger partial charge is 0.261 e. The second kappa shape index (κ2) is 7.94. The van der Waals surface area contributed by atoms with Gasteiger partial charge < -0.3 is 5.32 Å². The van der Waals surface area contributed by atoms with Gasteiger partial charge in [0.05, 0.1) is 16.1 Å². The van der Waals surface area contributed by atoms with E-state index in [9.17, 15) is 13.2 Å². The Morgan fingerprint density at radius 2 is 1.50 bits per heavy atom. The first-order chi connectivity index (χ1) is 13.4. The summed E-state index contributed by atoms with van der Waals surface area (Å²) in [5, 5.41) is 11.9. The molecular formula is C21H17N3O3S. The van der Waals surface area contributed by atoms with E-state index in [1.54, 1.807) is 18.2 Å². The monoisotopic (exact) mass is 391 g/mol. The van der Waals surface area contributed by atoms with E-state index in [1.807, 2.05) is 31.2 Å². The molecule has 2 N–H and O–H groups in total. The number of hydrogen-bond acceptors (Lipinski definition) is 4. The average molecular weight is 391 g/mol. The van der Waals surface area contributed by atoms with Gasteiger partial charge in [-0.1, -0.05) is 30.3 Å². The third-order valence-corrected chi connectivity index (χ3v) is 5.49. The fourth-order valence-electron chi connectivity index (χ4n) is 2.57. The number of rotatable bonds is 5. The van der Waals surface area contributed by atoms with Gasteiger partial charge in [-0.25, -0.2) is 8.42 Å². The predicted octanol–water partition coefficient (Wildman–Crippen LogP) is 3.92. The Morgan fingerprint density at radius 1 is 0.893 bits per heavy atom. The Balaban J connectivity index is 1.79. The summed E-state index contributed by atoms with van der Waals surface area (Å²) in [6.45, 7) is 1.88. The van der Waals surface area contributed by atoms with Crippen LogP contribution in [0.1, 0.15) is 21.5 Å². The zero-order chi connectivity index (χ0) is 20.1. The van der Waals surface area contributed by atoms with E-state index in [2.05, 4.69) is 10.0 Å². The molecule has 1 amide bonds. The number of sulfonamides is 1. The summed E-state index contributed by atoms with van der Waals surface area (Å²) >= 11 is 0. The minimum atomic E-state index is -3.89. The van der Waals surface area contributed by atoms with E-state index >= 15 is 0 Å². The lowest BCUT2D eigenvalue weighted by atomic mass is 10.1. The van der Waals surface area contributed by atoms with Crippen LogP contribution in [0, 0.1) is 18.3 Å². The molecule has 0 heterocycles. The first-order valence-electron chi connectivity index (χ1n) is 8.40. The minimum Gasteiger partial charge on any atom is -0.322 e. The highest BCUT2D eigenvalue weighted by Gasteiger charge is 2.17. The third kappa shape index (κ3) is 4.19. The van der Waals surface area contributed by atoms with Crippen molar-refractivity contribution in [2.75, 3.05) is 10.0 Å². The fraction of sp³-hybridized carbons (Fsp3) is 0.0476. The summed E-state index contributed by atoms with van der Waals surface area (Å²) in [6.07, 6.45) is 0. The second-order valence-corrected chi connectivity index (χ2v) is 7.74. The molecule has 6 nitrogen and oxygen atoms in total. The number of anilines is 2. The molecule has 3 rings (SSSR count). The van der Waals surface area contributed by atoms with Gasteiger partial charge in [-0.2, -0.15) is 5.26 Å². The second-order valence-electron chi connectivity index (χ2n) is 6.06. The number of amides is 1. The average Bonchev–Trinajstić information content (AvgIpc) is 2.70. The Hall–Kier alpha value is -3.63. The quantitative estimate of drug-likeness (QED) is 0.688. The molecule has 0 aliphatic rings. The molecule has 0 bridgehead atoms. The number of carbonyl (C=O) groups is 1. The highest BCUT2D eigenvalue weighted by atomic mass is 32.2. The summed E-state index contributed by atoms with van der Waals surface area (Å²) in [7, 11) is -3.89. The number of nitriles is 1. The highest BCUT2D eigenvalue weighted by Crippen LogP contribution is 2.20. The fourth-order valence-corrected chi connectivity index (χ4v) is 3.65. The molecule has 0 radical (unpaired) electrons. The lowest BCUT2D eigenvalue weighted by Crippen LogP contribution is -2.15. The van der Waals surface area contributed by atoms with E-state index in [0.29, 0.717) is 11.3 Å². The van der Waals surface area contributed by atoms with Crippen molar-refractivity contribution in [1.82, 2.24) is 0 Å². The summed E-state index contributed by atoms with van der Waals surface area (Å²) < 4.78 is 27.5. The van der Waals surface area contributed by atoms with E-state index < -0.39 is 10.0 Å². The molecule has 0 unspecified atom stereocenters. The normalized spacial score (nSPS) is 10.7.